The van der Waals surface area contributed by atoms with E-state index in [9.17, 15) is 9.90 Å². The van der Waals surface area contributed by atoms with Crippen LogP contribution in [0, 0.1) is 5.92 Å². The minimum absolute atomic E-state index is 0.135. The van der Waals surface area contributed by atoms with E-state index in [0.717, 1.165) is 11.3 Å². The number of benzene rings is 1. The van der Waals surface area contributed by atoms with Gasteiger partial charge in [0.05, 0.1) is 19.1 Å². The molecule has 0 spiro atoms. The minimum atomic E-state index is -0.775. The molecule has 0 saturated heterocycles. The number of aliphatic carboxylic acids is 1. The number of ether oxygens (including phenoxy) is 2. The third-order valence-electron chi connectivity index (χ3n) is 2.91. The number of carbonyl (C=O) groups is 1. The highest BCUT2D eigenvalue weighted by Crippen LogP contribution is 2.17. The van der Waals surface area contributed by atoms with Gasteiger partial charge in [-0.15, -0.1) is 0 Å². The number of methoxy groups -OCH3 is 1. The third-order valence-corrected chi connectivity index (χ3v) is 2.91. The molecule has 0 fully saturated rings. The lowest BCUT2D eigenvalue weighted by molar-refractivity contribution is -0.142. The molecule has 19 heavy (non-hydrogen) atoms. The molecule has 4 nitrogen and oxygen atoms in total. The lowest BCUT2D eigenvalue weighted by atomic mass is 9.96. The van der Waals surface area contributed by atoms with Crippen LogP contribution in [0.2, 0.25) is 0 Å². The Labute approximate surface area is 114 Å². The molecular weight excluding hydrogens is 244 g/mol. The van der Waals surface area contributed by atoms with Crippen molar-refractivity contribution in [2.24, 2.45) is 5.92 Å². The second-order valence-electron chi connectivity index (χ2n) is 4.80. The maximum absolute atomic E-state index is 11.2. The summed E-state index contributed by atoms with van der Waals surface area (Å²) in [6.45, 7) is 4.36. The van der Waals surface area contributed by atoms with Crippen molar-refractivity contribution in [1.29, 1.82) is 0 Å². The molecule has 0 amide bonds. The van der Waals surface area contributed by atoms with Crippen LogP contribution in [-0.4, -0.2) is 30.9 Å². The van der Waals surface area contributed by atoms with Crippen LogP contribution in [0.3, 0.4) is 0 Å². The highest BCUT2D eigenvalue weighted by atomic mass is 16.5. The molecule has 1 rings (SSSR count). The van der Waals surface area contributed by atoms with Gasteiger partial charge in [-0.05, 0) is 44.4 Å². The van der Waals surface area contributed by atoms with E-state index in [2.05, 4.69) is 0 Å². The molecule has 1 aromatic rings. The fourth-order valence-electron chi connectivity index (χ4n) is 1.80. The molecule has 4 heteroatoms. The van der Waals surface area contributed by atoms with Gasteiger partial charge in [0.25, 0.3) is 0 Å². The number of rotatable bonds is 8. The van der Waals surface area contributed by atoms with Gasteiger partial charge in [-0.3, -0.25) is 4.79 Å². The molecule has 0 aliphatic carbocycles. The number of hydrogen-bond donors (Lipinski definition) is 1. The molecule has 106 valence electrons. The molecule has 1 unspecified atom stereocenters. The van der Waals surface area contributed by atoms with Crippen molar-refractivity contribution in [2.45, 2.75) is 32.8 Å². The van der Waals surface area contributed by atoms with Crippen molar-refractivity contribution < 1.29 is 19.4 Å². The fraction of sp³-hybridized carbons (Fsp3) is 0.533. The third kappa shape index (κ3) is 5.75. The quantitative estimate of drug-likeness (QED) is 0.786. The van der Waals surface area contributed by atoms with Crippen molar-refractivity contribution in [2.75, 3.05) is 13.7 Å². The first kappa shape index (κ1) is 15.5. The largest absolute Gasteiger partial charge is 0.497 e. The van der Waals surface area contributed by atoms with Crippen LogP contribution in [0.5, 0.6) is 5.75 Å². The smallest absolute Gasteiger partial charge is 0.306 e. The Morgan fingerprint density at radius 3 is 2.37 bits per heavy atom. The highest BCUT2D eigenvalue weighted by Gasteiger charge is 2.18. The van der Waals surface area contributed by atoms with Gasteiger partial charge in [0.1, 0.15) is 5.75 Å². The van der Waals surface area contributed by atoms with Gasteiger partial charge >= 0.3 is 5.97 Å². The first-order valence-corrected chi connectivity index (χ1v) is 6.50. The van der Waals surface area contributed by atoms with Crippen molar-refractivity contribution in [3.05, 3.63) is 29.8 Å². The van der Waals surface area contributed by atoms with Crippen molar-refractivity contribution in [3.63, 3.8) is 0 Å². The van der Waals surface area contributed by atoms with Gasteiger partial charge in [0, 0.05) is 6.61 Å². The van der Waals surface area contributed by atoms with E-state index < -0.39 is 11.9 Å². The van der Waals surface area contributed by atoms with Crippen LogP contribution in [0.15, 0.2) is 24.3 Å². The predicted molar refractivity (Wildman–Crippen MR) is 73.5 cm³/mol. The summed E-state index contributed by atoms with van der Waals surface area (Å²) in [7, 11) is 1.61. The molecule has 0 radical (unpaired) electrons. The first-order valence-electron chi connectivity index (χ1n) is 6.50. The monoisotopic (exact) mass is 266 g/mol. The SMILES string of the molecule is COc1ccc(CC(CCOC(C)C)C(=O)O)cc1. The zero-order chi connectivity index (χ0) is 14.3. The van der Waals surface area contributed by atoms with E-state index >= 15 is 0 Å². The molecule has 1 N–H and O–H groups in total. The summed E-state index contributed by atoms with van der Waals surface area (Å²) in [5, 5.41) is 9.22. The van der Waals surface area contributed by atoms with E-state index in [4.69, 9.17) is 9.47 Å². The Balaban J connectivity index is 2.54. The molecular formula is C15H22O4. The maximum Gasteiger partial charge on any atom is 0.306 e. The average Bonchev–Trinajstić information content (AvgIpc) is 2.37. The Morgan fingerprint density at radius 2 is 1.89 bits per heavy atom. The van der Waals surface area contributed by atoms with E-state index in [1.54, 1.807) is 7.11 Å². The van der Waals surface area contributed by atoms with Crippen LogP contribution >= 0.6 is 0 Å². The normalized spacial score (nSPS) is 12.4. The zero-order valence-corrected chi connectivity index (χ0v) is 11.8. The van der Waals surface area contributed by atoms with Gasteiger partial charge in [0.15, 0.2) is 0 Å². The number of hydrogen-bond acceptors (Lipinski definition) is 3. The van der Waals surface area contributed by atoms with E-state index in [-0.39, 0.29) is 6.10 Å². The number of carboxylic acid groups (broad SMARTS) is 1. The summed E-state index contributed by atoms with van der Waals surface area (Å²) in [5.74, 6) is -0.408. The van der Waals surface area contributed by atoms with Crippen molar-refractivity contribution >= 4 is 5.97 Å². The Kier molecular flexibility index (Phi) is 6.36. The van der Waals surface area contributed by atoms with Gasteiger partial charge in [-0.25, -0.2) is 0 Å². The van der Waals surface area contributed by atoms with Crippen LogP contribution in [0.1, 0.15) is 25.8 Å². The summed E-state index contributed by atoms with van der Waals surface area (Å²) in [4.78, 5) is 11.2. The second-order valence-corrected chi connectivity index (χ2v) is 4.80. The van der Waals surface area contributed by atoms with E-state index in [1.165, 1.54) is 0 Å². The molecule has 0 bridgehead atoms. The van der Waals surface area contributed by atoms with Gasteiger partial charge in [-0.2, -0.15) is 0 Å². The average molecular weight is 266 g/mol. The standard InChI is InChI=1S/C15H22O4/c1-11(2)19-9-8-13(15(16)17)10-12-4-6-14(18-3)7-5-12/h4-7,11,13H,8-10H2,1-3H3,(H,16,17). The van der Waals surface area contributed by atoms with Crippen LogP contribution in [-0.2, 0) is 16.0 Å². The zero-order valence-electron chi connectivity index (χ0n) is 11.8. The van der Waals surface area contributed by atoms with Crippen molar-refractivity contribution in [3.8, 4) is 5.75 Å². The van der Waals surface area contributed by atoms with Gasteiger partial charge < -0.3 is 14.6 Å². The fourth-order valence-corrected chi connectivity index (χ4v) is 1.80. The molecule has 0 aliphatic heterocycles. The summed E-state index contributed by atoms with van der Waals surface area (Å²) in [5.41, 5.74) is 0.998. The second kappa shape index (κ2) is 7.79. The molecule has 0 saturated carbocycles. The van der Waals surface area contributed by atoms with Gasteiger partial charge in [-0.1, -0.05) is 12.1 Å². The molecule has 1 atom stereocenters. The lowest BCUT2D eigenvalue weighted by Gasteiger charge is -2.14. The minimum Gasteiger partial charge on any atom is -0.497 e. The molecule has 0 heterocycles. The van der Waals surface area contributed by atoms with Gasteiger partial charge in [0.2, 0.25) is 0 Å². The predicted octanol–water partition coefficient (Wildman–Crippen LogP) is 2.75. The summed E-state index contributed by atoms with van der Waals surface area (Å²) >= 11 is 0. The molecule has 0 aromatic heterocycles. The Morgan fingerprint density at radius 1 is 1.26 bits per heavy atom. The Bertz CT molecular complexity index is 384. The van der Waals surface area contributed by atoms with Crippen LogP contribution in [0.25, 0.3) is 0 Å². The summed E-state index contributed by atoms with van der Waals surface area (Å²) < 4.78 is 10.5. The molecule has 0 aliphatic rings. The molecule has 1 aromatic carbocycles. The summed E-state index contributed by atoms with van der Waals surface area (Å²) in [6, 6.07) is 7.49. The first-order chi connectivity index (χ1) is 9.02. The van der Waals surface area contributed by atoms with E-state index in [0.29, 0.717) is 19.4 Å². The number of carboxylic acids is 1. The van der Waals surface area contributed by atoms with Crippen LogP contribution < -0.4 is 4.74 Å². The highest BCUT2D eigenvalue weighted by molar-refractivity contribution is 5.70. The van der Waals surface area contributed by atoms with Crippen LogP contribution in [0.4, 0.5) is 0 Å². The Hall–Kier alpha value is -1.55. The summed E-state index contributed by atoms with van der Waals surface area (Å²) in [6.07, 6.45) is 1.18. The van der Waals surface area contributed by atoms with E-state index in [1.807, 2.05) is 38.1 Å². The topological polar surface area (TPSA) is 55.8 Å². The maximum atomic E-state index is 11.2. The lowest BCUT2D eigenvalue weighted by Crippen LogP contribution is -2.19. The van der Waals surface area contributed by atoms with Crippen molar-refractivity contribution in [1.82, 2.24) is 0 Å².